The van der Waals surface area contributed by atoms with Crippen LogP contribution in [0.3, 0.4) is 0 Å². The molecular formula is C12H22N4O3. The van der Waals surface area contributed by atoms with Gasteiger partial charge in [0, 0.05) is 19.6 Å². The van der Waals surface area contributed by atoms with Gasteiger partial charge in [-0.25, -0.2) is 0 Å². The molecule has 1 aromatic heterocycles. The van der Waals surface area contributed by atoms with Crippen LogP contribution in [-0.2, 0) is 16.1 Å². The fraction of sp³-hybridized carbons (Fsp3) is 0.750. The summed E-state index contributed by atoms with van der Waals surface area (Å²) in [5.74, 6) is 0.864. The number of primary amides is 1. The maximum Gasteiger partial charge on any atom is 0.234 e. The summed E-state index contributed by atoms with van der Waals surface area (Å²) in [7, 11) is 1.61. The predicted molar refractivity (Wildman–Crippen MR) is 69.3 cm³/mol. The Morgan fingerprint density at radius 3 is 2.58 bits per heavy atom. The number of hydrogen-bond donors (Lipinski definition) is 1. The first-order chi connectivity index (χ1) is 8.95. The van der Waals surface area contributed by atoms with Crippen LogP contribution in [0.1, 0.15) is 38.5 Å². The van der Waals surface area contributed by atoms with Crippen molar-refractivity contribution in [3.8, 4) is 0 Å². The van der Waals surface area contributed by atoms with E-state index in [1.54, 1.807) is 14.0 Å². The maximum absolute atomic E-state index is 11.3. The highest BCUT2D eigenvalue weighted by Gasteiger charge is 2.21. The summed E-state index contributed by atoms with van der Waals surface area (Å²) in [6, 6.07) is -0.412. The van der Waals surface area contributed by atoms with Gasteiger partial charge in [0.05, 0.1) is 19.2 Å². The van der Waals surface area contributed by atoms with E-state index in [1.165, 1.54) is 0 Å². The van der Waals surface area contributed by atoms with Crippen molar-refractivity contribution >= 4 is 5.91 Å². The molecule has 0 aliphatic heterocycles. The lowest BCUT2D eigenvalue weighted by Gasteiger charge is -2.24. The standard InChI is InChI=1S/C12H22N4O3/c1-8(2)12-15-14-10(19-12)7-16(5-6-18-4)9(3)11(13)17/h8-9H,5-7H2,1-4H3,(H2,13,17). The molecule has 0 aliphatic rings. The van der Waals surface area contributed by atoms with Crippen molar-refractivity contribution in [1.82, 2.24) is 15.1 Å². The fourth-order valence-electron chi connectivity index (χ4n) is 1.54. The first-order valence-electron chi connectivity index (χ1n) is 6.30. The zero-order valence-corrected chi connectivity index (χ0v) is 11.9. The summed E-state index contributed by atoms with van der Waals surface area (Å²) in [4.78, 5) is 13.1. The van der Waals surface area contributed by atoms with E-state index in [0.29, 0.717) is 31.5 Å². The summed E-state index contributed by atoms with van der Waals surface area (Å²) < 4.78 is 10.6. The molecule has 0 aliphatic carbocycles. The SMILES string of the molecule is COCCN(Cc1nnc(C(C)C)o1)C(C)C(N)=O. The lowest BCUT2D eigenvalue weighted by Crippen LogP contribution is -2.43. The Morgan fingerprint density at radius 1 is 1.42 bits per heavy atom. The Morgan fingerprint density at radius 2 is 2.11 bits per heavy atom. The molecule has 7 nitrogen and oxygen atoms in total. The summed E-state index contributed by atoms with van der Waals surface area (Å²) in [6.45, 7) is 7.16. The molecule has 0 spiro atoms. The molecule has 7 heteroatoms. The summed E-state index contributed by atoms with van der Waals surface area (Å²) >= 11 is 0. The summed E-state index contributed by atoms with van der Waals surface area (Å²) in [5, 5.41) is 7.94. The summed E-state index contributed by atoms with van der Waals surface area (Å²) in [5.41, 5.74) is 5.33. The van der Waals surface area contributed by atoms with Gasteiger partial charge in [0.2, 0.25) is 17.7 Å². The van der Waals surface area contributed by atoms with Crippen LogP contribution in [0.5, 0.6) is 0 Å². The van der Waals surface area contributed by atoms with Gasteiger partial charge in [0.1, 0.15) is 0 Å². The molecule has 0 aromatic carbocycles. The second-order valence-electron chi connectivity index (χ2n) is 4.73. The molecule has 0 saturated carbocycles. The van der Waals surface area contributed by atoms with Crippen LogP contribution in [0.25, 0.3) is 0 Å². The Balaban J connectivity index is 2.72. The van der Waals surface area contributed by atoms with Crippen molar-refractivity contribution in [2.24, 2.45) is 5.73 Å². The molecule has 1 atom stereocenters. The molecule has 2 N–H and O–H groups in total. The van der Waals surface area contributed by atoms with Gasteiger partial charge in [-0.05, 0) is 6.92 Å². The second-order valence-corrected chi connectivity index (χ2v) is 4.73. The molecule has 1 rings (SSSR count). The zero-order valence-electron chi connectivity index (χ0n) is 11.9. The van der Waals surface area contributed by atoms with Crippen molar-refractivity contribution in [3.63, 3.8) is 0 Å². The van der Waals surface area contributed by atoms with E-state index in [0.717, 1.165) is 0 Å². The molecule has 1 unspecified atom stereocenters. The smallest absolute Gasteiger partial charge is 0.234 e. The first kappa shape index (κ1) is 15.6. The van der Waals surface area contributed by atoms with Gasteiger partial charge in [-0.2, -0.15) is 0 Å². The third kappa shape index (κ3) is 4.60. The van der Waals surface area contributed by atoms with Gasteiger partial charge < -0.3 is 14.9 Å². The number of methoxy groups -OCH3 is 1. The number of ether oxygens (including phenoxy) is 1. The highest BCUT2D eigenvalue weighted by Crippen LogP contribution is 2.14. The molecule has 1 aromatic rings. The average Bonchev–Trinajstić information content (AvgIpc) is 2.82. The van der Waals surface area contributed by atoms with E-state index in [2.05, 4.69) is 10.2 Å². The van der Waals surface area contributed by atoms with Crippen molar-refractivity contribution in [3.05, 3.63) is 11.8 Å². The molecule has 108 valence electrons. The van der Waals surface area contributed by atoms with Crippen LogP contribution < -0.4 is 5.73 Å². The number of hydrogen-bond acceptors (Lipinski definition) is 6. The number of carbonyl (C=O) groups excluding carboxylic acids is 1. The lowest BCUT2D eigenvalue weighted by molar-refractivity contribution is -0.123. The van der Waals surface area contributed by atoms with Gasteiger partial charge in [0.25, 0.3) is 0 Å². The highest BCUT2D eigenvalue weighted by atomic mass is 16.5. The quantitative estimate of drug-likeness (QED) is 0.740. The van der Waals surface area contributed by atoms with Crippen molar-refractivity contribution < 1.29 is 13.9 Å². The maximum atomic E-state index is 11.3. The number of nitrogens with two attached hydrogens (primary N) is 1. The van der Waals surface area contributed by atoms with E-state index in [-0.39, 0.29) is 11.8 Å². The average molecular weight is 270 g/mol. The number of nitrogens with zero attached hydrogens (tertiary/aromatic N) is 3. The second kappa shape index (κ2) is 7.20. The van der Waals surface area contributed by atoms with Crippen LogP contribution >= 0.6 is 0 Å². The molecule has 0 saturated heterocycles. The van der Waals surface area contributed by atoms with Crippen molar-refractivity contribution in [2.75, 3.05) is 20.3 Å². The third-order valence-corrected chi connectivity index (χ3v) is 2.86. The molecule has 0 bridgehead atoms. The lowest BCUT2D eigenvalue weighted by atomic mass is 10.2. The Bertz CT molecular complexity index is 405. The first-order valence-corrected chi connectivity index (χ1v) is 6.30. The Kier molecular flexibility index (Phi) is 5.91. The van der Waals surface area contributed by atoms with Gasteiger partial charge in [-0.1, -0.05) is 13.8 Å². The summed E-state index contributed by atoms with van der Waals surface area (Å²) in [6.07, 6.45) is 0. The van der Waals surface area contributed by atoms with Crippen LogP contribution in [-0.4, -0.2) is 47.3 Å². The molecular weight excluding hydrogens is 248 g/mol. The minimum Gasteiger partial charge on any atom is -0.424 e. The monoisotopic (exact) mass is 270 g/mol. The molecule has 0 fully saturated rings. The molecule has 1 amide bonds. The number of amides is 1. The van der Waals surface area contributed by atoms with E-state index < -0.39 is 6.04 Å². The Hall–Kier alpha value is -1.47. The zero-order chi connectivity index (χ0) is 14.4. The van der Waals surface area contributed by atoms with Crippen LogP contribution in [0.4, 0.5) is 0 Å². The van der Waals surface area contributed by atoms with E-state index in [1.807, 2.05) is 18.7 Å². The minimum absolute atomic E-state index is 0.183. The third-order valence-electron chi connectivity index (χ3n) is 2.86. The van der Waals surface area contributed by atoms with Crippen LogP contribution in [0.2, 0.25) is 0 Å². The number of rotatable bonds is 8. The minimum atomic E-state index is -0.412. The van der Waals surface area contributed by atoms with Gasteiger partial charge in [0.15, 0.2) is 0 Å². The van der Waals surface area contributed by atoms with Crippen LogP contribution in [0, 0.1) is 0 Å². The van der Waals surface area contributed by atoms with Gasteiger partial charge in [-0.3, -0.25) is 9.69 Å². The van der Waals surface area contributed by atoms with Crippen molar-refractivity contribution in [2.45, 2.75) is 39.3 Å². The number of carbonyl (C=O) groups is 1. The topological polar surface area (TPSA) is 94.5 Å². The van der Waals surface area contributed by atoms with Crippen molar-refractivity contribution in [1.29, 1.82) is 0 Å². The molecule has 19 heavy (non-hydrogen) atoms. The Labute approximate surface area is 113 Å². The van der Waals surface area contributed by atoms with Gasteiger partial charge in [-0.15, -0.1) is 10.2 Å². The molecule has 1 heterocycles. The van der Waals surface area contributed by atoms with E-state index in [4.69, 9.17) is 14.9 Å². The molecule has 0 radical (unpaired) electrons. The highest BCUT2D eigenvalue weighted by molar-refractivity contribution is 5.79. The van der Waals surface area contributed by atoms with Crippen LogP contribution in [0.15, 0.2) is 4.42 Å². The largest absolute Gasteiger partial charge is 0.424 e. The fourth-order valence-corrected chi connectivity index (χ4v) is 1.54. The van der Waals surface area contributed by atoms with Gasteiger partial charge >= 0.3 is 0 Å². The van der Waals surface area contributed by atoms with E-state index in [9.17, 15) is 4.79 Å². The predicted octanol–water partition coefficient (Wildman–Crippen LogP) is 0.515. The normalized spacial score (nSPS) is 13.2. The van der Waals surface area contributed by atoms with E-state index >= 15 is 0 Å². The number of aromatic nitrogens is 2.